The van der Waals surface area contributed by atoms with Gasteiger partial charge in [-0.25, -0.2) is 13.4 Å². The molecule has 0 spiro atoms. The van der Waals surface area contributed by atoms with Gasteiger partial charge in [0.2, 0.25) is 0 Å². The summed E-state index contributed by atoms with van der Waals surface area (Å²) in [4.78, 5) is 5.98. The summed E-state index contributed by atoms with van der Waals surface area (Å²) in [5, 5.41) is 0.832. The molecule has 0 radical (unpaired) electrons. The van der Waals surface area contributed by atoms with Crippen molar-refractivity contribution in [3.05, 3.63) is 51.7 Å². The van der Waals surface area contributed by atoms with Crippen molar-refractivity contribution in [1.29, 1.82) is 0 Å². The van der Waals surface area contributed by atoms with Gasteiger partial charge in [0, 0.05) is 17.6 Å². The predicted molar refractivity (Wildman–Crippen MR) is 107 cm³/mol. The third-order valence-electron chi connectivity index (χ3n) is 4.65. The highest BCUT2D eigenvalue weighted by atomic mass is 32.2. The molecule has 26 heavy (non-hydrogen) atoms. The van der Waals surface area contributed by atoms with Crippen molar-refractivity contribution in [3.8, 4) is 10.7 Å². The van der Waals surface area contributed by atoms with Gasteiger partial charge in [0.05, 0.1) is 17.1 Å². The number of aromatic nitrogens is 2. The van der Waals surface area contributed by atoms with Crippen molar-refractivity contribution in [2.24, 2.45) is 7.05 Å². The minimum atomic E-state index is -3.69. The number of hydrogen-bond donors (Lipinski definition) is 1. The van der Waals surface area contributed by atoms with Crippen LogP contribution < -0.4 is 4.72 Å². The average Bonchev–Trinajstić information content (AvgIpc) is 3.03. The molecule has 3 aromatic rings. The minimum absolute atomic E-state index is 0.278. The van der Waals surface area contributed by atoms with Crippen LogP contribution in [0.2, 0.25) is 0 Å². The number of hydrogen-bond acceptors (Lipinski definition) is 4. The zero-order chi connectivity index (χ0) is 19.2. The Morgan fingerprint density at radius 1 is 1.08 bits per heavy atom. The van der Waals surface area contributed by atoms with Crippen LogP contribution in [0.15, 0.2) is 29.2 Å². The number of nitrogens with one attached hydrogen (secondary N) is 1. The largest absolute Gasteiger partial charge is 0.345 e. The Kier molecular flexibility index (Phi) is 4.71. The SMILES string of the molecule is Cc1ccc(NS(=O)(=O)c2cc(-c3nc(C)c(C)s3)n(C)c2C)c(C)c1. The van der Waals surface area contributed by atoms with E-state index in [0.717, 1.165) is 32.4 Å². The molecule has 2 heterocycles. The Hall–Kier alpha value is -2.12. The van der Waals surface area contributed by atoms with Gasteiger partial charge in [-0.1, -0.05) is 17.7 Å². The van der Waals surface area contributed by atoms with Gasteiger partial charge < -0.3 is 4.57 Å². The van der Waals surface area contributed by atoms with Crippen LogP contribution >= 0.6 is 11.3 Å². The Labute approximate surface area is 158 Å². The quantitative estimate of drug-likeness (QED) is 0.715. The smallest absolute Gasteiger partial charge is 0.263 e. The van der Waals surface area contributed by atoms with Crippen molar-refractivity contribution in [1.82, 2.24) is 9.55 Å². The van der Waals surface area contributed by atoms with Crippen LogP contribution in [-0.2, 0) is 17.1 Å². The summed E-state index contributed by atoms with van der Waals surface area (Å²) in [6, 6.07) is 7.37. The summed E-state index contributed by atoms with van der Waals surface area (Å²) in [5.41, 5.74) is 5.06. The predicted octanol–water partition coefficient (Wildman–Crippen LogP) is 4.49. The zero-order valence-electron chi connectivity index (χ0n) is 15.8. The van der Waals surface area contributed by atoms with Crippen molar-refractivity contribution in [2.45, 2.75) is 39.5 Å². The molecule has 0 saturated heterocycles. The van der Waals surface area contributed by atoms with E-state index in [1.807, 2.05) is 58.4 Å². The van der Waals surface area contributed by atoms with Gasteiger partial charge in [0.1, 0.15) is 9.90 Å². The second kappa shape index (κ2) is 6.55. The highest BCUT2D eigenvalue weighted by molar-refractivity contribution is 7.92. The van der Waals surface area contributed by atoms with Crippen LogP contribution in [0.3, 0.4) is 0 Å². The molecule has 1 aromatic carbocycles. The molecule has 1 N–H and O–H groups in total. The molecule has 7 heteroatoms. The molecule has 0 atom stereocenters. The van der Waals surface area contributed by atoms with Crippen LogP contribution in [0.5, 0.6) is 0 Å². The molecular formula is C19H23N3O2S2. The molecule has 0 saturated carbocycles. The van der Waals surface area contributed by atoms with Crippen LogP contribution in [0, 0.1) is 34.6 Å². The first-order chi connectivity index (χ1) is 12.1. The van der Waals surface area contributed by atoms with Gasteiger partial charge in [0.25, 0.3) is 10.0 Å². The van der Waals surface area contributed by atoms with E-state index < -0.39 is 10.0 Å². The van der Waals surface area contributed by atoms with Crippen LogP contribution in [0.4, 0.5) is 5.69 Å². The second-order valence-corrected chi connectivity index (χ2v) is 9.48. The summed E-state index contributed by atoms with van der Waals surface area (Å²) in [7, 11) is -1.82. The highest BCUT2D eigenvalue weighted by Gasteiger charge is 2.24. The molecule has 0 aliphatic carbocycles. The first-order valence-corrected chi connectivity index (χ1v) is 10.6. The maximum Gasteiger partial charge on any atom is 0.263 e. The maximum atomic E-state index is 13.0. The lowest BCUT2D eigenvalue weighted by Gasteiger charge is -2.11. The molecule has 0 bridgehead atoms. The number of benzene rings is 1. The molecular weight excluding hydrogens is 366 g/mol. The van der Waals surface area contributed by atoms with E-state index in [1.54, 1.807) is 23.5 Å². The number of rotatable bonds is 4. The van der Waals surface area contributed by atoms with E-state index in [4.69, 9.17) is 0 Å². The van der Waals surface area contributed by atoms with Crippen LogP contribution in [0.1, 0.15) is 27.4 Å². The normalized spacial score (nSPS) is 11.8. The van der Waals surface area contributed by atoms with E-state index in [9.17, 15) is 8.42 Å². The Bertz CT molecular complexity index is 1070. The topological polar surface area (TPSA) is 64.0 Å². The standard InChI is InChI=1S/C19H23N3O2S2/c1-11-7-8-16(12(2)9-11)21-26(23,24)18-10-17(22(6)14(18)4)19-20-13(3)15(5)25-19/h7-10,21H,1-6H3. The minimum Gasteiger partial charge on any atom is -0.345 e. The number of aryl methyl sites for hydroxylation is 4. The first-order valence-electron chi connectivity index (χ1n) is 8.31. The van der Waals surface area contributed by atoms with Crippen molar-refractivity contribution in [2.75, 3.05) is 4.72 Å². The Morgan fingerprint density at radius 2 is 1.77 bits per heavy atom. The summed E-state index contributed by atoms with van der Waals surface area (Å²) in [6.07, 6.45) is 0. The lowest BCUT2D eigenvalue weighted by atomic mass is 10.1. The summed E-state index contributed by atoms with van der Waals surface area (Å²) >= 11 is 1.58. The van der Waals surface area contributed by atoms with E-state index in [-0.39, 0.29) is 4.90 Å². The molecule has 0 aliphatic rings. The van der Waals surface area contributed by atoms with Gasteiger partial charge >= 0.3 is 0 Å². The maximum absolute atomic E-state index is 13.0. The summed E-state index contributed by atoms with van der Waals surface area (Å²) in [6.45, 7) is 9.68. The molecule has 5 nitrogen and oxygen atoms in total. The fraction of sp³-hybridized carbons (Fsp3) is 0.316. The van der Waals surface area contributed by atoms with Gasteiger partial charge in [-0.05, 0) is 52.3 Å². The molecule has 0 unspecified atom stereocenters. The molecule has 138 valence electrons. The van der Waals surface area contributed by atoms with Gasteiger partial charge in [0.15, 0.2) is 0 Å². The van der Waals surface area contributed by atoms with E-state index in [2.05, 4.69) is 9.71 Å². The van der Waals surface area contributed by atoms with Crippen molar-refractivity contribution >= 4 is 27.0 Å². The number of anilines is 1. The van der Waals surface area contributed by atoms with Crippen LogP contribution in [-0.4, -0.2) is 18.0 Å². The Balaban J connectivity index is 2.04. The number of nitrogens with zero attached hydrogens (tertiary/aromatic N) is 2. The van der Waals surface area contributed by atoms with Crippen molar-refractivity contribution < 1.29 is 8.42 Å². The van der Waals surface area contributed by atoms with Gasteiger partial charge in [-0.3, -0.25) is 4.72 Å². The molecule has 0 aliphatic heterocycles. The molecule has 0 fully saturated rings. The van der Waals surface area contributed by atoms with E-state index in [0.29, 0.717) is 11.4 Å². The third kappa shape index (κ3) is 3.29. The molecule has 3 rings (SSSR count). The first kappa shape index (κ1) is 18.7. The zero-order valence-corrected chi connectivity index (χ0v) is 17.5. The van der Waals surface area contributed by atoms with E-state index >= 15 is 0 Å². The monoisotopic (exact) mass is 389 g/mol. The fourth-order valence-corrected chi connectivity index (χ4v) is 5.25. The lowest BCUT2D eigenvalue weighted by Crippen LogP contribution is -2.14. The second-order valence-electron chi connectivity index (χ2n) is 6.62. The Morgan fingerprint density at radius 3 is 2.35 bits per heavy atom. The van der Waals surface area contributed by atoms with Crippen LogP contribution in [0.25, 0.3) is 10.7 Å². The lowest BCUT2D eigenvalue weighted by molar-refractivity contribution is 0.600. The molecule has 2 aromatic heterocycles. The number of sulfonamides is 1. The number of thiazole rings is 1. The van der Waals surface area contributed by atoms with Gasteiger partial charge in [-0.2, -0.15) is 0 Å². The van der Waals surface area contributed by atoms with Gasteiger partial charge in [-0.15, -0.1) is 11.3 Å². The fourth-order valence-electron chi connectivity index (χ4n) is 2.86. The average molecular weight is 390 g/mol. The third-order valence-corrected chi connectivity index (χ3v) is 7.23. The van der Waals surface area contributed by atoms with E-state index in [1.165, 1.54) is 0 Å². The van der Waals surface area contributed by atoms with Crippen molar-refractivity contribution in [3.63, 3.8) is 0 Å². The molecule has 0 amide bonds. The highest BCUT2D eigenvalue weighted by Crippen LogP contribution is 2.32. The summed E-state index contributed by atoms with van der Waals surface area (Å²) in [5.74, 6) is 0. The summed E-state index contributed by atoms with van der Waals surface area (Å²) < 4.78 is 30.6.